The number of carboxylic acids is 1. The summed E-state index contributed by atoms with van der Waals surface area (Å²) in [5.74, 6) is -1.49. The molecule has 0 aliphatic carbocycles. The minimum absolute atomic E-state index is 0.0141. The summed E-state index contributed by atoms with van der Waals surface area (Å²) in [5, 5.41) is 22.0. The van der Waals surface area contributed by atoms with Gasteiger partial charge in [-0.2, -0.15) is 10.4 Å². The molecule has 2 rings (SSSR count). The normalized spacial score (nSPS) is 10.4. The van der Waals surface area contributed by atoms with Crippen LogP contribution in [0.3, 0.4) is 0 Å². The maximum Gasteiger partial charge on any atom is 0.307 e. The summed E-state index contributed by atoms with van der Waals surface area (Å²) in [7, 11) is 0. The Kier molecular flexibility index (Phi) is 4.03. The molecule has 0 aliphatic rings. The summed E-state index contributed by atoms with van der Waals surface area (Å²) in [5.41, 5.74) is 2.28. The van der Waals surface area contributed by atoms with Crippen molar-refractivity contribution >= 4 is 5.97 Å². The number of benzene rings is 1. The molecule has 6 heteroatoms. The van der Waals surface area contributed by atoms with E-state index in [4.69, 9.17) is 10.4 Å². The average Bonchev–Trinajstić information content (AvgIpc) is 2.68. The summed E-state index contributed by atoms with van der Waals surface area (Å²) in [6.45, 7) is 3.64. The topological polar surface area (TPSA) is 78.9 Å². The van der Waals surface area contributed by atoms with Gasteiger partial charge in [0.15, 0.2) is 0 Å². The molecular weight excluding hydrogens is 273 g/mol. The highest BCUT2D eigenvalue weighted by molar-refractivity contribution is 5.70. The van der Waals surface area contributed by atoms with E-state index in [9.17, 15) is 9.18 Å². The second-order valence-electron chi connectivity index (χ2n) is 4.77. The lowest BCUT2D eigenvalue weighted by Gasteiger charge is -2.07. The van der Waals surface area contributed by atoms with E-state index in [0.29, 0.717) is 22.5 Å². The molecule has 0 bridgehead atoms. The number of aliphatic carboxylic acids is 1. The van der Waals surface area contributed by atoms with Crippen LogP contribution in [0.1, 0.15) is 28.1 Å². The van der Waals surface area contributed by atoms with Crippen molar-refractivity contribution in [1.82, 2.24) is 9.78 Å². The summed E-state index contributed by atoms with van der Waals surface area (Å²) in [6, 6.07) is 6.41. The second kappa shape index (κ2) is 5.75. The van der Waals surface area contributed by atoms with Gasteiger partial charge >= 0.3 is 5.97 Å². The minimum Gasteiger partial charge on any atom is -0.481 e. The minimum atomic E-state index is -0.932. The van der Waals surface area contributed by atoms with Crippen LogP contribution in [-0.4, -0.2) is 20.9 Å². The van der Waals surface area contributed by atoms with Gasteiger partial charge in [-0.05, 0) is 19.9 Å². The molecule has 108 valence electrons. The molecule has 2 aromatic rings. The van der Waals surface area contributed by atoms with Crippen molar-refractivity contribution in [2.45, 2.75) is 26.8 Å². The Balaban J connectivity index is 2.37. The third-order valence-corrected chi connectivity index (χ3v) is 3.38. The van der Waals surface area contributed by atoms with Gasteiger partial charge in [0.05, 0.1) is 24.2 Å². The molecule has 0 unspecified atom stereocenters. The molecule has 1 N–H and O–H groups in total. The maximum absolute atomic E-state index is 14.1. The summed E-state index contributed by atoms with van der Waals surface area (Å²) in [4.78, 5) is 10.8. The molecule has 1 aromatic heterocycles. The number of hydrogen-bond donors (Lipinski definition) is 1. The van der Waals surface area contributed by atoms with Gasteiger partial charge in [-0.25, -0.2) is 4.39 Å². The number of nitrogens with zero attached hydrogens (tertiary/aromatic N) is 3. The first-order valence-corrected chi connectivity index (χ1v) is 6.36. The number of aryl methyl sites for hydroxylation is 1. The fourth-order valence-corrected chi connectivity index (χ4v) is 2.24. The third kappa shape index (κ3) is 2.92. The Bertz CT molecular complexity index is 744. The molecule has 0 radical (unpaired) electrons. The van der Waals surface area contributed by atoms with Crippen LogP contribution >= 0.6 is 0 Å². The number of carboxylic acid groups (broad SMARTS) is 1. The zero-order valence-electron chi connectivity index (χ0n) is 11.7. The molecule has 0 atom stereocenters. The molecule has 0 amide bonds. The standard InChI is InChI=1S/C15H14FN3O2/c1-9-13(6-14(20)21)10(2)19(18-9)8-12-5-3-4-11(7-17)15(12)16/h3-5H,6,8H2,1-2H3,(H,20,21). The van der Waals surface area contributed by atoms with Crippen molar-refractivity contribution in [2.24, 2.45) is 0 Å². The number of rotatable bonds is 4. The largest absolute Gasteiger partial charge is 0.481 e. The first kappa shape index (κ1) is 14.7. The molecule has 5 nitrogen and oxygen atoms in total. The zero-order valence-corrected chi connectivity index (χ0v) is 11.7. The van der Waals surface area contributed by atoms with Crippen molar-refractivity contribution in [3.63, 3.8) is 0 Å². The number of aromatic nitrogens is 2. The Labute approximate surface area is 121 Å². The molecule has 21 heavy (non-hydrogen) atoms. The van der Waals surface area contributed by atoms with Gasteiger partial charge in [0, 0.05) is 16.8 Å². The number of hydrogen-bond acceptors (Lipinski definition) is 3. The monoisotopic (exact) mass is 287 g/mol. The van der Waals surface area contributed by atoms with Gasteiger partial charge in [0.1, 0.15) is 11.9 Å². The molecule has 0 spiro atoms. The Morgan fingerprint density at radius 1 is 1.48 bits per heavy atom. The van der Waals surface area contributed by atoms with Crippen LogP contribution in [-0.2, 0) is 17.8 Å². The van der Waals surface area contributed by atoms with Crippen LogP contribution in [0.25, 0.3) is 0 Å². The third-order valence-electron chi connectivity index (χ3n) is 3.38. The second-order valence-corrected chi connectivity index (χ2v) is 4.77. The number of halogens is 1. The Morgan fingerprint density at radius 3 is 2.81 bits per heavy atom. The van der Waals surface area contributed by atoms with Gasteiger partial charge in [-0.3, -0.25) is 9.48 Å². The van der Waals surface area contributed by atoms with Crippen molar-refractivity contribution in [2.75, 3.05) is 0 Å². The van der Waals surface area contributed by atoms with E-state index < -0.39 is 11.8 Å². The molecular formula is C15H14FN3O2. The van der Waals surface area contributed by atoms with Crippen molar-refractivity contribution in [3.8, 4) is 6.07 Å². The lowest BCUT2D eigenvalue weighted by molar-refractivity contribution is -0.136. The van der Waals surface area contributed by atoms with Crippen LogP contribution in [0.4, 0.5) is 4.39 Å². The Morgan fingerprint density at radius 2 is 2.19 bits per heavy atom. The molecule has 0 saturated carbocycles. The SMILES string of the molecule is Cc1nn(Cc2cccc(C#N)c2F)c(C)c1CC(=O)O. The van der Waals surface area contributed by atoms with Gasteiger partial charge in [-0.1, -0.05) is 12.1 Å². The smallest absolute Gasteiger partial charge is 0.307 e. The quantitative estimate of drug-likeness (QED) is 0.934. The van der Waals surface area contributed by atoms with E-state index in [2.05, 4.69) is 5.10 Å². The van der Waals surface area contributed by atoms with E-state index in [1.54, 1.807) is 36.7 Å². The first-order valence-electron chi connectivity index (χ1n) is 6.36. The van der Waals surface area contributed by atoms with Crippen molar-refractivity contribution in [3.05, 3.63) is 52.1 Å². The summed E-state index contributed by atoms with van der Waals surface area (Å²) >= 11 is 0. The molecule has 0 fully saturated rings. The zero-order chi connectivity index (χ0) is 15.6. The van der Waals surface area contributed by atoms with Crippen LogP contribution in [0.2, 0.25) is 0 Å². The van der Waals surface area contributed by atoms with Gasteiger partial charge in [-0.15, -0.1) is 0 Å². The number of carbonyl (C=O) groups is 1. The first-order chi connectivity index (χ1) is 9.93. The van der Waals surface area contributed by atoms with Gasteiger partial charge in [0.25, 0.3) is 0 Å². The number of nitriles is 1. The summed E-state index contributed by atoms with van der Waals surface area (Å²) in [6.07, 6.45) is -0.113. The van der Waals surface area contributed by atoms with Crippen LogP contribution in [0.5, 0.6) is 0 Å². The fourth-order valence-electron chi connectivity index (χ4n) is 2.24. The van der Waals surface area contributed by atoms with Crippen LogP contribution < -0.4 is 0 Å². The van der Waals surface area contributed by atoms with Crippen LogP contribution in [0.15, 0.2) is 18.2 Å². The highest BCUT2D eigenvalue weighted by atomic mass is 19.1. The van der Waals surface area contributed by atoms with E-state index in [-0.39, 0.29) is 18.5 Å². The predicted octanol–water partition coefficient (Wildman–Crippen LogP) is 2.19. The molecule has 0 saturated heterocycles. The predicted molar refractivity (Wildman–Crippen MR) is 73.3 cm³/mol. The van der Waals surface area contributed by atoms with E-state index in [1.807, 2.05) is 0 Å². The highest BCUT2D eigenvalue weighted by Crippen LogP contribution is 2.18. The fraction of sp³-hybridized carbons (Fsp3) is 0.267. The maximum atomic E-state index is 14.1. The van der Waals surface area contributed by atoms with E-state index in [1.165, 1.54) is 6.07 Å². The Hall–Kier alpha value is -2.68. The van der Waals surface area contributed by atoms with Crippen molar-refractivity contribution < 1.29 is 14.3 Å². The molecule has 0 aliphatic heterocycles. The average molecular weight is 287 g/mol. The van der Waals surface area contributed by atoms with Gasteiger partial charge < -0.3 is 5.11 Å². The van der Waals surface area contributed by atoms with Gasteiger partial charge in [0.2, 0.25) is 0 Å². The lowest BCUT2D eigenvalue weighted by atomic mass is 10.1. The van der Waals surface area contributed by atoms with Crippen LogP contribution in [0, 0.1) is 31.0 Å². The summed E-state index contributed by atoms with van der Waals surface area (Å²) < 4.78 is 15.6. The van der Waals surface area contributed by atoms with E-state index >= 15 is 0 Å². The molecule has 1 aromatic carbocycles. The van der Waals surface area contributed by atoms with Crippen molar-refractivity contribution in [1.29, 1.82) is 5.26 Å². The highest BCUT2D eigenvalue weighted by Gasteiger charge is 2.16. The van der Waals surface area contributed by atoms with E-state index in [0.717, 1.165) is 0 Å². The molecule has 1 heterocycles. The lowest BCUT2D eigenvalue weighted by Crippen LogP contribution is -2.08.